The third-order valence-corrected chi connectivity index (χ3v) is 8.41. The summed E-state index contributed by atoms with van der Waals surface area (Å²) in [6.45, 7) is 5.34. The number of sulfonamides is 1. The summed E-state index contributed by atoms with van der Waals surface area (Å²) in [6.07, 6.45) is 0.551. The standard InChI is InChI=1S/C22H23ClFN3O3S2/c1-13(2)27(4)32(29,30)17-9-10-19(23)18(12-17)21(28)26-22-25-14(3)20(31-22)11-15-5-7-16(24)8-6-15/h5-10,12-13H,11H2,1-4H3,(H,25,26,28). The minimum Gasteiger partial charge on any atom is -0.298 e. The number of hydrogen-bond acceptors (Lipinski definition) is 5. The van der Waals surface area contributed by atoms with Crippen LogP contribution in [0.25, 0.3) is 0 Å². The predicted octanol–water partition coefficient (Wildman–Crippen LogP) is 5.12. The Balaban J connectivity index is 1.82. The van der Waals surface area contributed by atoms with Crippen LogP contribution in [0, 0.1) is 12.7 Å². The first-order chi connectivity index (χ1) is 15.0. The first kappa shape index (κ1) is 24.3. The molecule has 0 saturated heterocycles. The van der Waals surface area contributed by atoms with Gasteiger partial charge in [0.05, 0.1) is 21.2 Å². The fourth-order valence-corrected chi connectivity index (χ4v) is 5.47. The van der Waals surface area contributed by atoms with Gasteiger partial charge in [-0.05, 0) is 56.7 Å². The van der Waals surface area contributed by atoms with Gasteiger partial charge in [-0.15, -0.1) is 11.3 Å². The number of nitrogens with zero attached hydrogens (tertiary/aromatic N) is 2. The second-order valence-corrected chi connectivity index (χ2v) is 11.0. The number of thiazole rings is 1. The highest BCUT2D eigenvalue weighted by Gasteiger charge is 2.25. The SMILES string of the molecule is Cc1nc(NC(=O)c2cc(S(=O)(=O)N(C)C(C)C)ccc2Cl)sc1Cc1ccc(F)cc1. The highest BCUT2D eigenvalue weighted by atomic mass is 35.5. The molecule has 1 N–H and O–H groups in total. The molecular formula is C22H23ClFN3O3S2. The van der Waals surface area contributed by atoms with Gasteiger partial charge in [-0.3, -0.25) is 10.1 Å². The number of aromatic nitrogens is 1. The van der Waals surface area contributed by atoms with Gasteiger partial charge in [0.25, 0.3) is 5.91 Å². The minimum absolute atomic E-state index is 0.0180. The Hall–Kier alpha value is -2.33. The maximum Gasteiger partial charge on any atom is 0.259 e. The van der Waals surface area contributed by atoms with Gasteiger partial charge >= 0.3 is 0 Å². The maximum atomic E-state index is 13.1. The van der Waals surface area contributed by atoms with Crippen molar-refractivity contribution in [1.29, 1.82) is 0 Å². The first-order valence-corrected chi connectivity index (χ1v) is 12.4. The van der Waals surface area contributed by atoms with Gasteiger partial charge < -0.3 is 0 Å². The monoisotopic (exact) mass is 495 g/mol. The largest absolute Gasteiger partial charge is 0.298 e. The van der Waals surface area contributed by atoms with E-state index in [9.17, 15) is 17.6 Å². The van der Waals surface area contributed by atoms with E-state index in [2.05, 4.69) is 10.3 Å². The molecule has 0 fully saturated rings. The van der Waals surface area contributed by atoms with E-state index in [1.807, 2.05) is 6.92 Å². The van der Waals surface area contributed by atoms with Crippen molar-refractivity contribution in [1.82, 2.24) is 9.29 Å². The second kappa shape index (κ2) is 9.66. The van der Waals surface area contributed by atoms with Crippen molar-refractivity contribution in [3.8, 4) is 0 Å². The second-order valence-electron chi connectivity index (χ2n) is 7.54. The highest BCUT2D eigenvalue weighted by Crippen LogP contribution is 2.28. The Morgan fingerprint density at radius 3 is 2.50 bits per heavy atom. The number of anilines is 1. The van der Waals surface area contributed by atoms with Crippen molar-refractivity contribution in [2.45, 2.75) is 38.1 Å². The van der Waals surface area contributed by atoms with Crippen LogP contribution in [0.4, 0.5) is 9.52 Å². The molecule has 3 rings (SSSR count). The van der Waals surface area contributed by atoms with E-state index in [4.69, 9.17) is 11.6 Å². The average Bonchev–Trinajstić information content (AvgIpc) is 3.07. The number of amides is 1. The molecule has 0 unspecified atom stereocenters. The Morgan fingerprint density at radius 1 is 1.22 bits per heavy atom. The van der Waals surface area contributed by atoms with Gasteiger partial charge in [0.1, 0.15) is 5.82 Å². The molecular weight excluding hydrogens is 473 g/mol. The molecule has 0 aliphatic rings. The first-order valence-electron chi connectivity index (χ1n) is 9.78. The Bertz CT molecular complexity index is 1240. The molecule has 3 aromatic rings. The summed E-state index contributed by atoms with van der Waals surface area (Å²) < 4.78 is 39.9. The summed E-state index contributed by atoms with van der Waals surface area (Å²) in [4.78, 5) is 18.1. The lowest BCUT2D eigenvalue weighted by atomic mass is 10.1. The van der Waals surface area contributed by atoms with E-state index in [1.54, 1.807) is 26.0 Å². The summed E-state index contributed by atoms with van der Waals surface area (Å²) in [5.41, 5.74) is 1.71. The third kappa shape index (κ3) is 5.35. The Morgan fingerprint density at radius 2 is 1.88 bits per heavy atom. The van der Waals surface area contributed by atoms with Crippen LogP contribution in [0.5, 0.6) is 0 Å². The van der Waals surface area contributed by atoms with Gasteiger partial charge in [0.15, 0.2) is 5.13 Å². The molecule has 0 atom stereocenters. The van der Waals surface area contributed by atoms with Gasteiger partial charge in [-0.2, -0.15) is 4.31 Å². The zero-order valence-corrected chi connectivity index (χ0v) is 20.4. The molecule has 6 nitrogen and oxygen atoms in total. The molecule has 0 bridgehead atoms. The lowest BCUT2D eigenvalue weighted by Crippen LogP contribution is -2.33. The molecule has 1 heterocycles. The van der Waals surface area contributed by atoms with Crippen molar-refractivity contribution < 1.29 is 17.6 Å². The molecule has 0 aliphatic carbocycles. The van der Waals surface area contributed by atoms with Crippen molar-refractivity contribution in [3.63, 3.8) is 0 Å². The molecule has 10 heteroatoms. The molecule has 0 aliphatic heterocycles. The Labute approximate surface area is 196 Å². The molecule has 1 aromatic heterocycles. The minimum atomic E-state index is -3.77. The molecule has 2 aromatic carbocycles. The normalized spacial score (nSPS) is 11.9. The lowest BCUT2D eigenvalue weighted by molar-refractivity contribution is 0.102. The van der Waals surface area contributed by atoms with Crippen molar-refractivity contribution in [2.24, 2.45) is 0 Å². The van der Waals surface area contributed by atoms with Crippen LogP contribution in [-0.4, -0.2) is 36.7 Å². The van der Waals surface area contributed by atoms with Crippen LogP contribution < -0.4 is 5.32 Å². The van der Waals surface area contributed by atoms with E-state index in [0.717, 1.165) is 16.1 Å². The number of benzene rings is 2. The summed E-state index contributed by atoms with van der Waals surface area (Å²) in [6, 6.07) is 9.99. The number of halogens is 2. The maximum absolute atomic E-state index is 13.1. The van der Waals surface area contributed by atoms with Crippen LogP contribution in [0.15, 0.2) is 47.4 Å². The van der Waals surface area contributed by atoms with E-state index in [-0.39, 0.29) is 27.3 Å². The fourth-order valence-electron chi connectivity index (χ4n) is 2.88. The van der Waals surface area contributed by atoms with Gasteiger partial charge in [0.2, 0.25) is 10.0 Å². The molecule has 170 valence electrons. The van der Waals surface area contributed by atoms with E-state index >= 15 is 0 Å². The molecule has 1 amide bonds. The van der Waals surface area contributed by atoms with E-state index in [1.165, 1.54) is 53.0 Å². The zero-order valence-electron chi connectivity index (χ0n) is 18.0. The van der Waals surface area contributed by atoms with Crippen LogP contribution in [-0.2, 0) is 16.4 Å². The molecule has 32 heavy (non-hydrogen) atoms. The van der Waals surface area contributed by atoms with Gasteiger partial charge in [-0.25, -0.2) is 17.8 Å². The molecule has 0 saturated carbocycles. The van der Waals surface area contributed by atoms with Gasteiger partial charge in [0, 0.05) is 24.4 Å². The third-order valence-electron chi connectivity index (χ3n) is 4.98. The number of carbonyl (C=O) groups excluding carboxylic acids is 1. The van der Waals surface area contributed by atoms with Crippen LogP contribution in [0.1, 0.15) is 40.3 Å². The summed E-state index contributed by atoms with van der Waals surface area (Å²) >= 11 is 7.49. The fraction of sp³-hybridized carbons (Fsp3) is 0.273. The van der Waals surface area contributed by atoms with E-state index in [0.29, 0.717) is 11.6 Å². The smallest absolute Gasteiger partial charge is 0.259 e. The summed E-state index contributed by atoms with van der Waals surface area (Å²) in [7, 11) is -2.29. The number of carbonyl (C=O) groups is 1. The Kier molecular flexibility index (Phi) is 7.34. The van der Waals surface area contributed by atoms with Crippen LogP contribution >= 0.6 is 22.9 Å². The number of hydrogen-bond donors (Lipinski definition) is 1. The number of rotatable bonds is 7. The average molecular weight is 496 g/mol. The highest BCUT2D eigenvalue weighted by molar-refractivity contribution is 7.89. The number of nitrogens with one attached hydrogen (secondary N) is 1. The lowest BCUT2D eigenvalue weighted by Gasteiger charge is -2.21. The molecule has 0 spiro atoms. The molecule has 0 radical (unpaired) electrons. The zero-order chi connectivity index (χ0) is 23.6. The van der Waals surface area contributed by atoms with Crippen molar-refractivity contribution >= 4 is 44.0 Å². The summed E-state index contributed by atoms with van der Waals surface area (Å²) in [5.74, 6) is -0.857. The van der Waals surface area contributed by atoms with Crippen molar-refractivity contribution in [2.75, 3.05) is 12.4 Å². The summed E-state index contributed by atoms with van der Waals surface area (Å²) in [5, 5.41) is 3.20. The van der Waals surface area contributed by atoms with Crippen LogP contribution in [0.3, 0.4) is 0 Å². The van der Waals surface area contributed by atoms with Crippen molar-refractivity contribution in [3.05, 3.63) is 75.0 Å². The quantitative estimate of drug-likeness (QED) is 0.493. The van der Waals surface area contributed by atoms with Gasteiger partial charge in [-0.1, -0.05) is 23.7 Å². The van der Waals surface area contributed by atoms with E-state index < -0.39 is 15.9 Å². The topological polar surface area (TPSA) is 79.4 Å². The predicted molar refractivity (Wildman–Crippen MR) is 126 cm³/mol. The van der Waals surface area contributed by atoms with Crippen LogP contribution in [0.2, 0.25) is 5.02 Å². The number of aryl methyl sites for hydroxylation is 1.